The predicted octanol–water partition coefficient (Wildman–Crippen LogP) is 2.36. The Balaban J connectivity index is 1.82. The lowest BCUT2D eigenvalue weighted by Crippen LogP contribution is -2.43. The molecule has 3 nitrogen and oxygen atoms in total. The highest BCUT2D eigenvalue weighted by atomic mass is 35.5. The van der Waals surface area contributed by atoms with Gasteiger partial charge in [-0.3, -0.25) is 0 Å². The Hall–Kier alpha value is -0.840. The van der Waals surface area contributed by atoms with Gasteiger partial charge in [0.2, 0.25) is 0 Å². The molecule has 1 aromatic rings. The highest BCUT2D eigenvalue weighted by molar-refractivity contribution is 6.30. The second-order valence-electron chi connectivity index (χ2n) is 5.02. The summed E-state index contributed by atoms with van der Waals surface area (Å²) in [5.74, 6) is -0.0285. The van der Waals surface area contributed by atoms with Crippen molar-refractivity contribution >= 4 is 11.6 Å². The van der Waals surface area contributed by atoms with Crippen LogP contribution in [-0.4, -0.2) is 29.9 Å². The van der Waals surface area contributed by atoms with Crippen molar-refractivity contribution in [1.29, 1.82) is 0 Å². The summed E-state index contributed by atoms with van der Waals surface area (Å²) in [5.41, 5.74) is -0.955. The lowest BCUT2D eigenvalue weighted by molar-refractivity contribution is 0.0120. The van der Waals surface area contributed by atoms with E-state index in [1.54, 1.807) is 6.92 Å². The molecule has 0 saturated heterocycles. The molecule has 1 aromatic carbocycles. The van der Waals surface area contributed by atoms with E-state index in [4.69, 9.17) is 16.3 Å². The van der Waals surface area contributed by atoms with Gasteiger partial charge in [0.1, 0.15) is 23.8 Å². The zero-order valence-electron chi connectivity index (χ0n) is 10.2. The maximum atomic E-state index is 12.9. The number of rotatable bonds is 6. The minimum absolute atomic E-state index is 0.0169. The summed E-state index contributed by atoms with van der Waals surface area (Å²) in [7, 11) is 0. The van der Waals surface area contributed by atoms with Gasteiger partial charge in [-0.1, -0.05) is 11.6 Å². The van der Waals surface area contributed by atoms with Crippen LogP contribution in [0.2, 0.25) is 5.02 Å². The van der Waals surface area contributed by atoms with Crippen LogP contribution in [0, 0.1) is 5.82 Å². The molecule has 1 unspecified atom stereocenters. The number of nitrogens with one attached hydrogen (secondary N) is 1. The molecule has 0 radical (unpaired) electrons. The van der Waals surface area contributed by atoms with Crippen LogP contribution in [-0.2, 0) is 0 Å². The number of hydrogen-bond acceptors (Lipinski definition) is 3. The van der Waals surface area contributed by atoms with Crippen molar-refractivity contribution in [3.63, 3.8) is 0 Å². The first-order valence-corrected chi connectivity index (χ1v) is 6.38. The van der Waals surface area contributed by atoms with Crippen molar-refractivity contribution in [2.24, 2.45) is 0 Å². The van der Waals surface area contributed by atoms with Crippen molar-refractivity contribution in [3.05, 3.63) is 29.0 Å². The molecule has 0 amide bonds. The molecule has 18 heavy (non-hydrogen) atoms. The first-order valence-electron chi connectivity index (χ1n) is 6.00. The fourth-order valence-corrected chi connectivity index (χ4v) is 1.68. The van der Waals surface area contributed by atoms with Crippen molar-refractivity contribution in [1.82, 2.24) is 5.32 Å². The fraction of sp³-hybridized carbons (Fsp3) is 0.538. The zero-order valence-corrected chi connectivity index (χ0v) is 11.0. The smallest absolute Gasteiger partial charge is 0.142 e. The Morgan fingerprint density at radius 3 is 2.89 bits per heavy atom. The molecule has 1 atom stereocenters. The van der Waals surface area contributed by atoms with Gasteiger partial charge < -0.3 is 15.2 Å². The molecule has 100 valence electrons. The largest absolute Gasteiger partial charge is 0.490 e. The van der Waals surface area contributed by atoms with Crippen molar-refractivity contribution in [2.45, 2.75) is 31.4 Å². The zero-order chi connectivity index (χ0) is 13.2. The van der Waals surface area contributed by atoms with E-state index in [-0.39, 0.29) is 11.6 Å². The van der Waals surface area contributed by atoms with Gasteiger partial charge in [-0.25, -0.2) is 4.39 Å². The van der Waals surface area contributed by atoms with E-state index in [1.165, 1.54) is 31.0 Å². The van der Waals surface area contributed by atoms with Gasteiger partial charge in [-0.15, -0.1) is 0 Å². The van der Waals surface area contributed by atoms with Gasteiger partial charge in [-0.05, 0) is 31.9 Å². The van der Waals surface area contributed by atoms with Crippen LogP contribution >= 0.6 is 11.6 Å². The van der Waals surface area contributed by atoms with Crippen LogP contribution in [0.1, 0.15) is 19.8 Å². The van der Waals surface area contributed by atoms with Crippen molar-refractivity contribution in [2.75, 3.05) is 13.2 Å². The molecule has 1 aliphatic carbocycles. The topological polar surface area (TPSA) is 41.5 Å². The molecular weight excluding hydrogens is 257 g/mol. The fourth-order valence-electron chi connectivity index (χ4n) is 1.51. The van der Waals surface area contributed by atoms with Crippen LogP contribution in [0.25, 0.3) is 0 Å². The van der Waals surface area contributed by atoms with E-state index in [0.717, 1.165) is 0 Å². The molecule has 0 spiro atoms. The summed E-state index contributed by atoms with van der Waals surface area (Å²) < 4.78 is 18.4. The highest BCUT2D eigenvalue weighted by Gasteiger charge is 2.27. The minimum atomic E-state index is -0.955. The molecule has 5 heteroatoms. The summed E-state index contributed by atoms with van der Waals surface area (Å²) in [4.78, 5) is 0. The van der Waals surface area contributed by atoms with E-state index in [1.807, 2.05) is 0 Å². The maximum Gasteiger partial charge on any atom is 0.142 e. The third-order valence-corrected chi connectivity index (χ3v) is 3.08. The second-order valence-corrected chi connectivity index (χ2v) is 5.42. The van der Waals surface area contributed by atoms with Gasteiger partial charge >= 0.3 is 0 Å². The van der Waals surface area contributed by atoms with E-state index >= 15 is 0 Å². The summed E-state index contributed by atoms with van der Waals surface area (Å²) in [6, 6.07) is 4.68. The summed E-state index contributed by atoms with van der Waals surface area (Å²) >= 11 is 5.64. The normalized spacial score (nSPS) is 18.4. The van der Waals surface area contributed by atoms with E-state index in [9.17, 15) is 9.50 Å². The second kappa shape index (κ2) is 5.43. The Morgan fingerprint density at radius 1 is 1.56 bits per heavy atom. The SMILES string of the molecule is CC(O)(CNC1CC1)COc1ccc(F)c(Cl)c1. The number of aliphatic hydroxyl groups is 1. The highest BCUT2D eigenvalue weighted by Crippen LogP contribution is 2.22. The number of ether oxygens (including phenoxy) is 1. The average molecular weight is 274 g/mol. The molecule has 0 bridgehead atoms. The van der Waals surface area contributed by atoms with E-state index in [2.05, 4.69) is 5.32 Å². The minimum Gasteiger partial charge on any atom is -0.490 e. The maximum absolute atomic E-state index is 12.9. The Bertz CT molecular complexity index is 421. The number of hydrogen-bond donors (Lipinski definition) is 2. The number of benzene rings is 1. The molecule has 1 fully saturated rings. The quantitative estimate of drug-likeness (QED) is 0.836. The van der Waals surface area contributed by atoms with E-state index < -0.39 is 11.4 Å². The van der Waals surface area contributed by atoms with Gasteiger partial charge in [0.15, 0.2) is 0 Å². The third kappa shape index (κ3) is 4.12. The lowest BCUT2D eigenvalue weighted by Gasteiger charge is -2.24. The van der Waals surface area contributed by atoms with Crippen molar-refractivity contribution < 1.29 is 14.2 Å². The first-order chi connectivity index (χ1) is 8.46. The molecule has 1 aliphatic rings. The molecule has 0 heterocycles. The van der Waals surface area contributed by atoms with Gasteiger partial charge in [0.25, 0.3) is 0 Å². The molecule has 2 rings (SSSR count). The summed E-state index contributed by atoms with van der Waals surface area (Å²) in [6.07, 6.45) is 2.34. The molecule has 1 saturated carbocycles. The van der Waals surface area contributed by atoms with Gasteiger partial charge in [0.05, 0.1) is 5.02 Å². The summed E-state index contributed by atoms with van der Waals surface area (Å²) in [6.45, 7) is 2.31. The Kier molecular flexibility index (Phi) is 4.10. The lowest BCUT2D eigenvalue weighted by atomic mass is 10.1. The molecule has 0 aliphatic heterocycles. The monoisotopic (exact) mass is 273 g/mol. The van der Waals surface area contributed by atoms with Crippen LogP contribution in [0.4, 0.5) is 4.39 Å². The van der Waals surface area contributed by atoms with Crippen LogP contribution in [0.3, 0.4) is 0 Å². The first kappa shape index (κ1) is 13.6. The van der Waals surface area contributed by atoms with Gasteiger partial charge in [0, 0.05) is 18.7 Å². The van der Waals surface area contributed by atoms with Crippen LogP contribution in [0.15, 0.2) is 18.2 Å². The average Bonchev–Trinajstić information content (AvgIpc) is 3.12. The Morgan fingerprint density at radius 2 is 2.28 bits per heavy atom. The third-order valence-electron chi connectivity index (χ3n) is 2.79. The number of halogens is 2. The van der Waals surface area contributed by atoms with Gasteiger partial charge in [-0.2, -0.15) is 0 Å². The Labute approximate surface area is 111 Å². The molecule has 0 aromatic heterocycles. The molecule has 2 N–H and O–H groups in total. The summed E-state index contributed by atoms with van der Waals surface area (Å²) in [5, 5.41) is 13.3. The van der Waals surface area contributed by atoms with Crippen LogP contribution < -0.4 is 10.1 Å². The standard InChI is InChI=1S/C13H17ClFNO2/c1-13(17,7-16-9-2-3-9)8-18-10-4-5-12(15)11(14)6-10/h4-6,9,16-17H,2-3,7-8H2,1H3. The molecular formula is C13H17ClFNO2. The predicted molar refractivity (Wildman–Crippen MR) is 68.6 cm³/mol. The van der Waals surface area contributed by atoms with Crippen LogP contribution in [0.5, 0.6) is 5.75 Å². The van der Waals surface area contributed by atoms with Crippen molar-refractivity contribution in [3.8, 4) is 5.75 Å². The van der Waals surface area contributed by atoms with E-state index in [0.29, 0.717) is 18.3 Å².